The number of alkyl halides is 1. The van der Waals surface area contributed by atoms with Gasteiger partial charge in [0.2, 0.25) is 0 Å². The Bertz CT molecular complexity index is 376. The fourth-order valence-electron chi connectivity index (χ4n) is 1.87. The van der Waals surface area contributed by atoms with Crippen LogP contribution >= 0.6 is 11.6 Å². The minimum atomic E-state index is 0.178. The molecule has 78 valence electrons. The molecule has 2 unspecified atom stereocenters. The first-order valence-electron chi connectivity index (χ1n) is 5.34. The molecule has 0 amide bonds. The summed E-state index contributed by atoms with van der Waals surface area (Å²) >= 11 is 6.00. The number of allylic oxidation sites excluding steroid dienone is 4. The van der Waals surface area contributed by atoms with Crippen molar-refractivity contribution in [2.24, 2.45) is 0 Å². The van der Waals surface area contributed by atoms with E-state index in [0.29, 0.717) is 5.92 Å². The molecule has 2 rings (SSSR count). The van der Waals surface area contributed by atoms with Crippen LogP contribution in [-0.2, 0) is 0 Å². The van der Waals surface area contributed by atoms with Crippen LogP contribution in [0.15, 0.2) is 54.1 Å². The molecule has 0 aromatic heterocycles. The Morgan fingerprint density at radius 3 is 2.60 bits per heavy atom. The maximum Gasteiger partial charge on any atom is 0.0553 e. The van der Waals surface area contributed by atoms with E-state index in [1.54, 1.807) is 0 Å². The average Bonchev–Trinajstić information content (AvgIpc) is 2.30. The molecule has 1 aliphatic rings. The molecule has 15 heavy (non-hydrogen) atoms. The highest BCUT2D eigenvalue weighted by Crippen LogP contribution is 2.28. The Labute approximate surface area is 96.3 Å². The lowest BCUT2D eigenvalue weighted by atomic mass is 9.89. The van der Waals surface area contributed by atoms with Crippen molar-refractivity contribution >= 4 is 11.6 Å². The second kappa shape index (κ2) is 4.67. The molecule has 0 fully saturated rings. The van der Waals surface area contributed by atoms with Crippen molar-refractivity contribution in [2.75, 3.05) is 0 Å². The van der Waals surface area contributed by atoms with Crippen LogP contribution in [0.4, 0.5) is 0 Å². The molecule has 0 N–H and O–H groups in total. The molecule has 0 saturated heterocycles. The topological polar surface area (TPSA) is 0 Å². The van der Waals surface area contributed by atoms with Gasteiger partial charge in [-0.15, -0.1) is 11.6 Å². The number of benzene rings is 1. The summed E-state index contributed by atoms with van der Waals surface area (Å²) in [5.41, 5.74) is 2.74. The lowest BCUT2D eigenvalue weighted by Gasteiger charge is -2.17. The van der Waals surface area contributed by atoms with E-state index in [1.807, 2.05) is 0 Å². The SMILES string of the molecule is CC(C1=CCC(Cl)C=C1)c1ccccc1. The average molecular weight is 219 g/mol. The Balaban J connectivity index is 2.16. The maximum absolute atomic E-state index is 6.00. The predicted molar refractivity (Wildman–Crippen MR) is 66.3 cm³/mol. The lowest BCUT2D eigenvalue weighted by Crippen LogP contribution is -2.03. The molecule has 0 spiro atoms. The molecule has 0 saturated carbocycles. The maximum atomic E-state index is 6.00. The first-order chi connectivity index (χ1) is 7.27. The number of hydrogen-bond acceptors (Lipinski definition) is 0. The van der Waals surface area contributed by atoms with Gasteiger partial charge in [-0.25, -0.2) is 0 Å². The van der Waals surface area contributed by atoms with Gasteiger partial charge in [-0.3, -0.25) is 0 Å². The molecule has 1 aliphatic carbocycles. The van der Waals surface area contributed by atoms with E-state index in [9.17, 15) is 0 Å². The minimum absolute atomic E-state index is 0.178. The summed E-state index contributed by atoms with van der Waals surface area (Å²) < 4.78 is 0. The van der Waals surface area contributed by atoms with Crippen molar-refractivity contribution in [1.82, 2.24) is 0 Å². The molecule has 0 nitrogen and oxygen atoms in total. The third kappa shape index (κ3) is 2.51. The van der Waals surface area contributed by atoms with E-state index >= 15 is 0 Å². The minimum Gasteiger partial charge on any atom is -0.118 e. The van der Waals surface area contributed by atoms with Gasteiger partial charge in [0.05, 0.1) is 5.38 Å². The molecule has 1 aromatic rings. The molecular weight excluding hydrogens is 204 g/mol. The van der Waals surface area contributed by atoms with Gasteiger partial charge in [-0.1, -0.05) is 55.5 Å². The smallest absolute Gasteiger partial charge is 0.0553 e. The molecule has 2 atom stereocenters. The monoisotopic (exact) mass is 218 g/mol. The lowest BCUT2D eigenvalue weighted by molar-refractivity contribution is 0.884. The van der Waals surface area contributed by atoms with Crippen LogP contribution in [0.1, 0.15) is 24.8 Å². The number of halogens is 1. The van der Waals surface area contributed by atoms with Gasteiger partial charge >= 0.3 is 0 Å². The van der Waals surface area contributed by atoms with Gasteiger partial charge in [0.15, 0.2) is 0 Å². The molecule has 1 heteroatoms. The highest BCUT2D eigenvalue weighted by molar-refractivity contribution is 6.22. The fraction of sp³-hybridized carbons (Fsp3) is 0.286. The van der Waals surface area contributed by atoms with Gasteiger partial charge in [0.1, 0.15) is 0 Å². The van der Waals surface area contributed by atoms with E-state index in [-0.39, 0.29) is 5.38 Å². The highest BCUT2D eigenvalue weighted by Gasteiger charge is 2.12. The summed E-state index contributed by atoms with van der Waals surface area (Å²) in [6, 6.07) is 10.6. The second-order valence-electron chi connectivity index (χ2n) is 3.95. The standard InChI is InChI=1S/C14H15Cl/c1-11(12-5-3-2-4-6-12)13-7-9-14(15)10-8-13/h2-9,11,14H,10H2,1H3. The van der Waals surface area contributed by atoms with Crippen molar-refractivity contribution in [1.29, 1.82) is 0 Å². The third-order valence-electron chi connectivity index (χ3n) is 2.88. The van der Waals surface area contributed by atoms with Crippen molar-refractivity contribution in [3.05, 3.63) is 59.7 Å². The van der Waals surface area contributed by atoms with E-state index in [1.165, 1.54) is 11.1 Å². The Hall–Kier alpha value is -1.01. The number of rotatable bonds is 2. The third-order valence-corrected chi connectivity index (χ3v) is 3.20. The van der Waals surface area contributed by atoms with Crippen LogP contribution in [0.25, 0.3) is 0 Å². The zero-order valence-electron chi connectivity index (χ0n) is 8.86. The molecule has 0 bridgehead atoms. The van der Waals surface area contributed by atoms with Crippen molar-refractivity contribution in [2.45, 2.75) is 24.6 Å². The first-order valence-corrected chi connectivity index (χ1v) is 5.78. The highest BCUT2D eigenvalue weighted by atomic mass is 35.5. The molecule has 1 aromatic carbocycles. The van der Waals surface area contributed by atoms with E-state index < -0.39 is 0 Å². The summed E-state index contributed by atoms with van der Waals surface area (Å²) in [5.74, 6) is 0.464. The zero-order chi connectivity index (χ0) is 10.7. The summed E-state index contributed by atoms with van der Waals surface area (Å²) in [6.45, 7) is 2.24. The van der Waals surface area contributed by atoms with Gasteiger partial charge in [-0.05, 0) is 17.6 Å². The van der Waals surface area contributed by atoms with E-state index in [0.717, 1.165) is 6.42 Å². The van der Waals surface area contributed by atoms with E-state index in [4.69, 9.17) is 11.6 Å². The quantitative estimate of drug-likeness (QED) is 0.650. The van der Waals surface area contributed by atoms with Crippen LogP contribution in [0.5, 0.6) is 0 Å². The van der Waals surface area contributed by atoms with Crippen LogP contribution in [-0.4, -0.2) is 5.38 Å². The van der Waals surface area contributed by atoms with E-state index in [2.05, 4.69) is 55.5 Å². The zero-order valence-corrected chi connectivity index (χ0v) is 9.61. The van der Waals surface area contributed by atoms with Crippen molar-refractivity contribution in [3.63, 3.8) is 0 Å². The van der Waals surface area contributed by atoms with Gasteiger partial charge < -0.3 is 0 Å². The van der Waals surface area contributed by atoms with Gasteiger partial charge in [-0.2, -0.15) is 0 Å². The van der Waals surface area contributed by atoms with Crippen LogP contribution < -0.4 is 0 Å². The van der Waals surface area contributed by atoms with Crippen LogP contribution in [0.2, 0.25) is 0 Å². The Morgan fingerprint density at radius 2 is 2.00 bits per heavy atom. The molecule has 0 heterocycles. The Morgan fingerprint density at radius 1 is 1.27 bits per heavy atom. The first kappa shape index (κ1) is 10.5. The van der Waals surface area contributed by atoms with Crippen molar-refractivity contribution in [3.8, 4) is 0 Å². The molecule has 0 radical (unpaired) electrons. The second-order valence-corrected chi connectivity index (χ2v) is 4.51. The molecule has 0 aliphatic heterocycles. The Kier molecular flexibility index (Phi) is 3.27. The predicted octanol–water partition coefficient (Wildman–Crippen LogP) is 4.28. The summed E-state index contributed by atoms with van der Waals surface area (Å²) in [7, 11) is 0. The number of hydrogen-bond donors (Lipinski definition) is 0. The largest absolute Gasteiger partial charge is 0.118 e. The summed E-state index contributed by atoms with van der Waals surface area (Å²) in [6.07, 6.45) is 7.43. The normalized spacial score (nSPS) is 22.3. The van der Waals surface area contributed by atoms with Crippen LogP contribution in [0, 0.1) is 0 Å². The van der Waals surface area contributed by atoms with Crippen molar-refractivity contribution < 1.29 is 0 Å². The fourth-order valence-corrected chi connectivity index (χ4v) is 2.03. The summed E-state index contributed by atoms with van der Waals surface area (Å²) in [4.78, 5) is 0. The van der Waals surface area contributed by atoms with Crippen LogP contribution in [0.3, 0.4) is 0 Å². The van der Waals surface area contributed by atoms with Gasteiger partial charge in [0, 0.05) is 5.92 Å². The van der Waals surface area contributed by atoms with Gasteiger partial charge in [0.25, 0.3) is 0 Å². The summed E-state index contributed by atoms with van der Waals surface area (Å²) in [5, 5.41) is 0.178. The molecular formula is C14H15Cl.